The number of amides is 1. The molecule has 3 heterocycles. The van der Waals surface area contributed by atoms with Crippen molar-refractivity contribution in [3.05, 3.63) is 59.8 Å². The van der Waals surface area contributed by atoms with E-state index in [0.717, 1.165) is 47.5 Å². The number of fused-ring (bicyclic) bond motifs is 1. The van der Waals surface area contributed by atoms with Crippen molar-refractivity contribution in [1.29, 1.82) is 0 Å². The van der Waals surface area contributed by atoms with Gasteiger partial charge in [0.15, 0.2) is 0 Å². The monoisotopic (exact) mass is 320 g/mol. The summed E-state index contributed by atoms with van der Waals surface area (Å²) in [6.45, 7) is 3.51. The minimum Gasteiger partial charge on any atom is -0.338 e. The van der Waals surface area contributed by atoms with Crippen LogP contribution < -0.4 is 0 Å². The maximum atomic E-state index is 12.8. The maximum Gasteiger partial charge on any atom is 0.253 e. The van der Waals surface area contributed by atoms with Gasteiger partial charge in [0.25, 0.3) is 5.91 Å². The van der Waals surface area contributed by atoms with E-state index in [1.807, 2.05) is 55.4 Å². The Labute approximate surface area is 140 Å². The number of nitrogens with zero attached hydrogens (tertiary/aromatic N) is 4. The standard InChI is InChI=1S/C19H20N4O/c1-13-11-22(2)18(21-13)16-7-9-23(12-16)19(24)15-5-6-17-14(10-15)4-3-8-20-17/h3-6,8,10-11,16H,7,9,12H2,1-2H3/t16-/m1/s1. The summed E-state index contributed by atoms with van der Waals surface area (Å²) in [7, 11) is 2.02. The molecule has 0 aliphatic carbocycles. The Morgan fingerprint density at radius 1 is 1.29 bits per heavy atom. The van der Waals surface area contributed by atoms with Gasteiger partial charge in [-0.2, -0.15) is 0 Å². The van der Waals surface area contributed by atoms with E-state index in [0.29, 0.717) is 5.92 Å². The number of pyridine rings is 1. The zero-order chi connectivity index (χ0) is 16.7. The fraction of sp³-hybridized carbons (Fsp3) is 0.316. The van der Waals surface area contributed by atoms with Crippen molar-refractivity contribution >= 4 is 16.8 Å². The molecule has 1 amide bonds. The summed E-state index contributed by atoms with van der Waals surface area (Å²) in [4.78, 5) is 23.7. The zero-order valence-electron chi connectivity index (χ0n) is 13.9. The second kappa shape index (κ2) is 5.74. The molecule has 5 nitrogen and oxygen atoms in total. The Kier molecular flexibility index (Phi) is 3.56. The normalized spacial score (nSPS) is 17.6. The molecule has 0 saturated carbocycles. The van der Waals surface area contributed by atoms with E-state index in [1.165, 1.54) is 0 Å². The number of likely N-dealkylation sites (tertiary alicyclic amines) is 1. The van der Waals surface area contributed by atoms with E-state index in [9.17, 15) is 4.79 Å². The summed E-state index contributed by atoms with van der Waals surface area (Å²) < 4.78 is 2.08. The van der Waals surface area contributed by atoms with Gasteiger partial charge in [-0.3, -0.25) is 9.78 Å². The number of carbonyl (C=O) groups excluding carboxylic acids is 1. The van der Waals surface area contributed by atoms with Crippen LogP contribution in [0.1, 0.15) is 34.2 Å². The van der Waals surface area contributed by atoms with Crippen LogP contribution in [0.25, 0.3) is 10.9 Å². The van der Waals surface area contributed by atoms with Gasteiger partial charge in [0.2, 0.25) is 0 Å². The Morgan fingerprint density at radius 2 is 2.17 bits per heavy atom. The molecule has 0 N–H and O–H groups in total. The number of rotatable bonds is 2. The van der Waals surface area contributed by atoms with Crippen molar-refractivity contribution in [2.75, 3.05) is 13.1 Å². The fourth-order valence-electron chi connectivity index (χ4n) is 3.56. The smallest absolute Gasteiger partial charge is 0.253 e. The molecular formula is C19H20N4O. The van der Waals surface area contributed by atoms with Crippen LogP contribution in [0.5, 0.6) is 0 Å². The summed E-state index contributed by atoms with van der Waals surface area (Å²) in [5.41, 5.74) is 2.67. The molecule has 1 aliphatic heterocycles. The molecule has 1 atom stereocenters. The van der Waals surface area contributed by atoms with Gasteiger partial charge in [-0.15, -0.1) is 0 Å². The van der Waals surface area contributed by atoms with Crippen molar-refractivity contribution in [3.63, 3.8) is 0 Å². The summed E-state index contributed by atoms with van der Waals surface area (Å²) in [5, 5.41) is 0.999. The number of carbonyl (C=O) groups is 1. The molecule has 1 aromatic carbocycles. The lowest BCUT2D eigenvalue weighted by Gasteiger charge is -2.17. The predicted molar refractivity (Wildman–Crippen MR) is 92.9 cm³/mol. The predicted octanol–water partition coefficient (Wildman–Crippen LogP) is 2.91. The van der Waals surface area contributed by atoms with E-state index in [4.69, 9.17) is 0 Å². The van der Waals surface area contributed by atoms with Crippen LogP contribution in [-0.4, -0.2) is 38.4 Å². The number of aryl methyl sites for hydroxylation is 2. The van der Waals surface area contributed by atoms with Crippen LogP contribution >= 0.6 is 0 Å². The second-order valence-electron chi connectivity index (χ2n) is 6.50. The molecule has 1 saturated heterocycles. The van der Waals surface area contributed by atoms with E-state index < -0.39 is 0 Å². The minimum atomic E-state index is 0.0918. The van der Waals surface area contributed by atoms with Crippen LogP contribution in [0.15, 0.2) is 42.7 Å². The topological polar surface area (TPSA) is 51.0 Å². The second-order valence-corrected chi connectivity index (χ2v) is 6.50. The number of aromatic nitrogens is 3. The molecule has 0 spiro atoms. The largest absolute Gasteiger partial charge is 0.338 e. The van der Waals surface area contributed by atoms with Crippen LogP contribution in [-0.2, 0) is 7.05 Å². The van der Waals surface area contributed by atoms with Crippen molar-refractivity contribution in [1.82, 2.24) is 19.4 Å². The molecule has 1 fully saturated rings. The Hall–Kier alpha value is -2.69. The van der Waals surface area contributed by atoms with Gasteiger partial charge in [-0.25, -0.2) is 4.98 Å². The average molecular weight is 320 g/mol. The van der Waals surface area contributed by atoms with Crippen molar-refractivity contribution in [2.24, 2.45) is 7.05 Å². The number of imidazole rings is 1. The highest BCUT2D eigenvalue weighted by atomic mass is 16.2. The third kappa shape index (κ3) is 2.56. The van der Waals surface area contributed by atoms with E-state index >= 15 is 0 Å². The van der Waals surface area contributed by atoms with Gasteiger partial charge in [-0.05, 0) is 37.6 Å². The van der Waals surface area contributed by atoms with E-state index in [1.54, 1.807) is 6.20 Å². The van der Waals surface area contributed by atoms with Crippen molar-refractivity contribution in [3.8, 4) is 0 Å². The lowest BCUT2D eigenvalue weighted by molar-refractivity contribution is 0.0790. The lowest BCUT2D eigenvalue weighted by Crippen LogP contribution is -2.28. The summed E-state index contributed by atoms with van der Waals surface area (Å²) in [6, 6.07) is 9.60. The first kappa shape index (κ1) is 14.9. The first-order valence-corrected chi connectivity index (χ1v) is 8.26. The SMILES string of the molecule is Cc1cn(C)c([C@@H]2CCN(C(=O)c3ccc4ncccc4c3)C2)n1. The molecule has 24 heavy (non-hydrogen) atoms. The van der Waals surface area contributed by atoms with Crippen molar-refractivity contribution in [2.45, 2.75) is 19.3 Å². The van der Waals surface area contributed by atoms with Crippen LogP contribution in [0.2, 0.25) is 0 Å². The fourth-order valence-corrected chi connectivity index (χ4v) is 3.56. The average Bonchev–Trinajstić information content (AvgIpc) is 3.20. The van der Waals surface area contributed by atoms with Crippen LogP contribution in [0.4, 0.5) is 0 Å². The van der Waals surface area contributed by atoms with E-state index in [-0.39, 0.29) is 5.91 Å². The highest BCUT2D eigenvalue weighted by Crippen LogP contribution is 2.27. The van der Waals surface area contributed by atoms with Gasteiger partial charge >= 0.3 is 0 Å². The first-order chi connectivity index (χ1) is 11.6. The van der Waals surface area contributed by atoms with Gasteiger partial charge in [-0.1, -0.05) is 6.07 Å². The summed E-state index contributed by atoms with van der Waals surface area (Å²) in [5.74, 6) is 1.48. The van der Waals surface area contributed by atoms with Gasteiger partial charge < -0.3 is 9.47 Å². The molecule has 0 radical (unpaired) electrons. The molecule has 5 heteroatoms. The molecule has 4 rings (SSSR count). The maximum absolute atomic E-state index is 12.8. The molecule has 2 aromatic heterocycles. The van der Waals surface area contributed by atoms with Crippen LogP contribution in [0.3, 0.4) is 0 Å². The quantitative estimate of drug-likeness (QED) is 0.729. The number of benzene rings is 1. The Bertz CT molecular complexity index is 915. The summed E-state index contributed by atoms with van der Waals surface area (Å²) in [6.07, 6.45) is 4.77. The molecular weight excluding hydrogens is 300 g/mol. The molecule has 1 aliphatic rings. The van der Waals surface area contributed by atoms with E-state index in [2.05, 4.69) is 14.5 Å². The lowest BCUT2D eigenvalue weighted by atomic mass is 10.1. The minimum absolute atomic E-state index is 0.0918. The highest BCUT2D eigenvalue weighted by molar-refractivity contribution is 5.98. The van der Waals surface area contributed by atoms with Gasteiger partial charge in [0.05, 0.1) is 11.2 Å². The first-order valence-electron chi connectivity index (χ1n) is 8.26. The number of hydrogen-bond donors (Lipinski definition) is 0. The molecule has 0 bridgehead atoms. The molecule has 122 valence electrons. The third-order valence-electron chi connectivity index (χ3n) is 4.72. The van der Waals surface area contributed by atoms with Crippen LogP contribution in [0, 0.1) is 6.92 Å². The molecule has 3 aromatic rings. The number of hydrogen-bond acceptors (Lipinski definition) is 3. The Morgan fingerprint density at radius 3 is 2.96 bits per heavy atom. The highest BCUT2D eigenvalue weighted by Gasteiger charge is 2.30. The molecule has 0 unspecified atom stereocenters. The van der Waals surface area contributed by atoms with Gasteiger partial charge in [0, 0.05) is 49.4 Å². The zero-order valence-corrected chi connectivity index (χ0v) is 13.9. The van der Waals surface area contributed by atoms with Gasteiger partial charge in [0.1, 0.15) is 5.82 Å². The Balaban J connectivity index is 1.55. The van der Waals surface area contributed by atoms with Crippen molar-refractivity contribution < 1.29 is 4.79 Å². The summed E-state index contributed by atoms with van der Waals surface area (Å²) >= 11 is 0. The third-order valence-corrected chi connectivity index (χ3v) is 4.72.